The van der Waals surface area contributed by atoms with E-state index in [1.807, 2.05) is 0 Å². The summed E-state index contributed by atoms with van der Waals surface area (Å²) in [6, 6.07) is 0. The van der Waals surface area contributed by atoms with Gasteiger partial charge in [-0.15, -0.1) is 0 Å². The van der Waals surface area contributed by atoms with Crippen molar-refractivity contribution in [2.75, 3.05) is 21.3 Å². The summed E-state index contributed by atoms with van der Waals surface area (Å²) >= 11 is 0. The van der Waals surface area contributed by atoms with Gasteiger partial charge in [0.25, 0.3) is 0 Å². The second-order valence-corrected chi connectivity index (χ2v) is 6.12. The van der Waals surface area contributed by atoms with E-state index in [1.165, 1.54) is 12.0 Å². The summed E-state index contributed by atoms with van der Waals surface area (Å²) in [7, 11) is 5.01. The van der Waals surface area contributed by atoms with Crippen molar-refractivity contribution in [3.05, 3.63) is 23.8 Å². The van der Waals surface area contributed by atoms with Crippen molar-refractivity contribution < 1.29 is 9.47 Å². The van der Waals surface area contributed by atoms with E-state index >= 15 is 0 Å². The summed E-state index contributed by atoms with van der Waals surface area (Å²) in [6.45, 7) is 11.4. The molecule has 0 fully saturated rings. The molecule has 3 unspecified atom stereocenters. The lowest BCUT2D eigenvalue weighted by Gasteiger charge is -2.42. The van der Waals surface area contributed by atoms with Crippen LogP contribution in [0, 0.1) is 17.3 Å². The molecular weight excluding hydrogens is 236 g/mol. The molecule has 0 heterocycles. The van der Waals surface area contributed by atoms with Crippen LogP contribution >= 0.6 is 0 Å². The zero-order valence-electron chi connectivity index (χ0n) is 14.0. The number of hydrogen-bond acceptors (Lipinski definition) is 2. The number of methoxy groups -OCH3 is 2. The monoisotopic (exact) mass is 268 g/mol. The number of rotatable bonds is 3. The third-order valence-corrected chi connectivity index (χ3v) is 4.30. The molecule has 0 aromatic carbocycles. The molecule has 1 aliphatic rings. The SMILES string of the molecule is COC.COC(C)C=CC1C(C)=CCC(C)C1(C)C. The first kappa shape index (κ1) is 18.4. The Bertz CT molecular complexity index is 302. The van der Waals surface area contributed by atoms with Gasteiger partial charge < -0.3 is 9.47 Å². The summed E-state index contributed by atoms with van der Waals surface area (Å²) in [5.41, 5.74) is 1.85. The van der Waals surface area contributed by atoms with Crippen LogP contribution in [0.1, 0.15) is 41.0 Å². The fourth-order valence-corrected chi connectivity index (χ4v) is 2.43. The van der Waals surface area contributed by atoms with Crippen LogP contribution in [0.4, 0.5) is 0 Å². The molecule has 0 aromatic heterocycles. The molecule has 112 valence electrons. The molecule has 0 saturated heterocycles. The molecule has 19 heavy (non-hydrogen) atoms. The predicted octanol–water partition coefficient (Wildman–Crippen LogP) is 4.47. The quantitative estimate of drug-likeness (QED) is 0.703. The fourth-order valence-electron chi connectivity index (χ4n) is 2.43. The van der Waals surface area contributed by atoms with Gasteiger partial charge in [0, 0.05) is 27.2 Å². The number of ether oxygens (including phenoxy) is 2. The Labute approximate surface area is 119 Å². The zero-order chi connectivity index (χ0) is 15.1. The fraction of sp³-hybridized carbons (Fsp3) is 0.765. The van der Waals surface area contributed by atoms with E-state index in [0.29, 0.717) is 11.3 Å². The Kier molecular flexibility index (Phi) is 8.28. The molecule has 0 radical (unpaired) electrons. The standard InChI is InChI=1S/C15H26O.C2H6O/c1-11-7-8-12(2)15(4,5)14(11)10-9-13(3)16-6;1-3-2/h7,9-10,12-14H,8H2,1-6H3;1-2H3. The molecule has 0 saturated carbocycles. The van der Waals surface area contributed by atoms with Crippen LogP contribution in [0.3, 0.4) is 0 Å². The van der Waals surface area contributed by atoms with E-state index in [1.54, 1.807) is 21.3 Å². The van der Waals surface area contributed by atoms with E-state index in [2.05, 4.69) is 57.6 Å². The first-order valence-corrected chi connectivity index (χ1v) is 7.09. The van der Waals surface area contributed by atoms with Gasteiger partial charge in [0.15, 0.2) is 0 Å². The summed E-state index contributed by atoms with van der Waals surface area (Å²) in [4.78, 5) is 0. The van der Waals surface area contributed by atoms with Gasteiger partial charge >= 0.3 is 0 Å². The Morgan fingerprint density at radius 2 is 1.84 bits per heavy atom. The highest BCUT2D eigenvalue weighted by molar-refractivity contribution is 5.20. The Morgan fingerprint density at radius 3 is 2.32 bits per heavy atom. The molecule has 0 aromatic rings. The predicted molar refractivity (Wildman–Crippen MR) is 83.4 cm³/mol. The summed E-state index contributed by atoms with van der Waals surface area (Å²) in [6.07, 6.45) is 8.32. The van der Waals surface area contributed by atoms with Crippen molar-refractivity contribution in [2.45, 2.75) is 47.1 Å². The minimum absolute atomic E-state index is 0.209. The highest BCUT2D eigenvalue weighted by Gasteiger charge is 2.36. The third kappa shape index (κ3) is 5.50. The lowest BCUT2D eigenvalue weighted by molar-refractivity contribution is 0.149. The highest BCUT2D eigenvalue weighted by atomic mass is 16.5. The normalized spacial score (nSPS) is 27.5. The van der Waals surface area contributed by atoms with Gasteiger partial charge in [-0.2, -0.15) is 0 Å². The van der Waals surface area contributed by atoms with Crippen molar-refractivity contribution >= 4 is 0 Å². The highest BCUT2D eigenvalue weighted by Crippen LogP contribution is 2.45. The van der Waals surface area contributed by atoms with Crippen LogP contribution in [0.15, 0.2) is 23.8 Å². The maximum absolute atomic E-state index is 5.27. The Balaban J connectivity index is 0.000000982. The maximum Gasteiger partial charge on any atom is 0.0724 e. The van der Waals surface area contributed by atoms with Crippen LogP contribution in [-0.2, 0) is 9.47 Å². The van der Waals surface area contributed by atoms with Crippen LogP contribution in [-0.4, -0.2) is 27.4 Å². The van der Waals surface area contributed by atoms with E-state index in [-0.39, 0.29) is 6.10 Å². The van der Waals surface area contributed by atoms with Crippen molar-refractivity contribution in [1.29, 1.82) is 0 Å². The van der Waals surface area contributed by atoms with Gasteiger partial charge in [-0.3, -0.25) is 0 Å². The summed E-state index contributed by atoms with van der Waals surface area (Å²) in [5, 5.41) is 0. The lowest BCUT2D eigenvalue weighted by Crippen LogP contribution is -2.33. The summed E-state index contributed by atoms with van der Waals surface area (Å²) < 4.78 is 9.52. The van der Waals surface area contributed by atoms with Gasteiger partial charge in [-0.25, -0.2) is 0 Å². The van der Waals surface area contributed by atoms with Crippen molar-refractivity contribution in [3.63, 3.8) is 0 Å². The van der Waals surface area contributed by atoms with E-state index < -0.39 is 0 Å². The van der Waals surface area contributed by atoms with Crippen molar-refractivity contribution in [3.8, 4) is 0 Å². The molecule has 0 amide bonds. The van der Waals surface area contributed by atoms with Crippen LogP contribution in [0.25, 0.3) is 0 Å². The third-order valence-electron chi connectivity index (χ3n) is 4.30. The minimum Gasteiger partial charge on any atom is -0.388 e. The number of hydrogen-bond donors (Lipinski definition) is 0. The molecule has 1 aliphatic carbocycles. The topological polar surface area (TPSA) is 18.5 Å². The smallest absolute Gasteiger partial charge is 0.0724 e. The second-order valence-electron chi connectivity index (χ2n) is 6.12. The molecule has 0 aliphatic heterocycles. The van der Waals surface area contributed by atoms with E-state index in [0.717, 1.165) is 5.92 Å². The van der Waals surface area contributed by atoms with Crippen molar-refractivity contribution in [2.24, 2.45) is 17.3 Å². The van der Waals surface area contributed by atoms with Gasteiger partial charge in [0.2, 0.25) is 0 Å². The second kappa shape index (κ2) is 8.55. The minimum atomic E-state index is 0.209. The van der Waals surface area contributed by atoms with Gasteiger partial charge in [-0.1, -0.05) is 44.6 Å². The molecule has 2 heteroatoms. The molecular formula is C17H32O2. The average Bonchev–Trinajstić information content (AvgIpc) is 2.34. The molecule has 0 N–H and O–H groups in total. The zero-order valence-corrected chi connectivity index (χ0v) is 14.0. The average molecular weight is 268 g/mol. The first-order chi connectivity index (χ1) is 8.81. The summed E-state index contributed by atoms with van der Waals surface area (Å²) in [5.74, 6) is 1.29. The van der Waals surface area contributed by atoms with E-state index in [9.17, 15) is 0 Å². The van der Waals surface area contributed by atoms with Crippen molar-refractivity contribution in [1.82, 2.24) is 0 Å². The molecule has 1 rings (SSSR count). The Hall–Kier alpha value is -0.600. The van der Waals surface area contributed by atoms with Crippen LogP contribution in [0.2, 0.25) is 0 Å². The largest absolute Gasteiger partial charge is 0.388 e. The van der Waals surface area contributed by atoms with E-state index in [4.69, 9.17) is 4.74 Å². The maximum atomic E-state index is 5.27. The van der Waals surface area contributed by atoms with Gasteiger partial charge in [-0.05, 0) is 31.6 Å². The molecule has 0 spiro atoms. The van der Waals surface area contributed by atoms with Crippen LogP contribution < -0.4 is 0 Å². The lowest BCUT2D eigenvalue weighted by atomic mass is 9.63. The van der Waals surface area contributed by atoms with Crippen LogP contribution in [0.5, 0.6) is 0 Å². The molecule has 0 bridgehead atoms. The van der Waals surface area contributed by atoms with Gasteiger partial charge in [0.1, 0.15) is 0 Å². The van der Waals surface area contributed by atoms with Gasteiger partial charge in [0.05, 0.1) is 6.10 Å². The number of allylic oxidation sites excluding steroid dienone is 3. The first-order valence-electron chi connectivity index (χ1n) is 7.09. The Morgan fingerprint density at radius 1 is 1.32 bits per heavy atom. The molecule has 2 nitrogen and oxygen atoms in total. The molecule has 3 atom stereocenters.